The third-order valence-electron chi connectivity index (χ3n) is 4.51. The minimum absolute atomic E-state index is 0.0296. The number of aliphatic hydroxyl groups excluding tert-OH is 1. The number of carbonyl (C=O) groups excluding carboxylic acids is 2. The van der Waals surface area contributed by atoms with Gasteiger partial charge in [-0.2, -0.15) is 0 Å². The van der Waals surface area contributed by atoms with E-state index in [2.05, 4.69) is 0 Å². The van der Waals surface area contributed by atoms with Gasteiger partial charge in [-0.1, -0.05) is 12.1 Å². The highest BCUT2D eigenvalue weighted by Gasteiger charge is 2.34. The van der Waals surface area contributed by atoms with Crippen LogP contribution in [0.1, 0.15) is 6.42 Å². The maximum atomic E-state index is 12.4. The fourth-order valence-corrected chi connectivity index (χ4v) is 3.25. The lowest BCUT2D eigenvalue weighted by Gasteiger charge is -2.34. The summed E-state index contributed by atoms with van der Waals surface area (Å²) in [7, 11) is 2.52. The molecular formula is C18H22N2O6. The van der Waals surface area contributed by atoms with Crippen molar-refractivity contribution in [3.63, 3.8) is 0 Å². The first-order chi connectivity index (χ1) is 12.6. The van der Waals surface area contributed by atoms with Gasteiger partial charge >= 0.3 is 11.9 Å². The van der Waals surface area contributed by atoms with Gasteiger partial charge in [0.2, 0.25) is 0 Å². The van der Waals surface area contributed by atoms with Gasteiger partial charge in [0.05, 0.1) is 43.9 Å². The molecule has 0 amide bonds. The molecule has 0 aliphatic carbocycles. The number of benzene rings is 1. The maximum absolute atomic E-state index is 12.4. The first-order valence-electron chi connectivity index (χ1n) is 8.34. The lowest BCUT2D eigenvalue weighted by molar-refractivity contribution is -0.140. The van der Waals surface area contributed by atoms with E-state index in [1.165, 1.54) is 14.2 Å². The fraction of sp³-hybridized carbons (Fsp3) is 0.444. The van der Waals surface area contributed by atoms with Crippen molar-refractivity contribution in [1.82, 2.24) is 0 Å². The van der Waals surface area contributed by atoms with Crippen LogP contribution >= 0.6 is 0 Å². The molecule has 1 aromatic rings. The Hall–Kier alpha value is -2.58. The number of methoxy groups -OCH3 is 2. The number of anilines is 2. The van der Waals surface area contributed by atoms with Gasteiger partial charge in [0.25, 0.3) is 0 Å². The minimum Gasteiger partial charge on any atom is -0.466 e. The molecule has 8 heteroatoms. The SMILES string of the molecule is COC(=O)C1=C(C(=O)OC)N(c2ccccc2N2CCC(O)C2)COC1. The van der Waals surface area contributed by atoms with Gasteiger partial charge in [0, 0.05) is 13.1 Å². The first-order valence-corrected chi connectivity index (χ1v) is 8.34. The van der Waals surface area contributed by atoms with Crippen molar-refractivity contribution in [3.05, 3.63) is 35.5 Å². The monoisotopic (exact) mass is 362 g/mol. The molecule has 8 nitrogen and oxygen atoms in total. The summed E-state index contributed by atoms with van der Waals surface area (Å²) in [5, 5.41) is 9.86. The summed E-state index contributed by atoms with van der Waals surface area (Å²) in [5.74, 6) is -1.27. The molecule has 1 aromatic carbocycles. The molecule has 2 heterocycles. The molecule has 26 heavy (non-hydrogen) atoms. The average molecular weight is 362 g/mol. The third-order valence-corrected chi connectivity index (χ3v) is 4.51. The van der Waals surface area contributed by atoms with Crippen molar-refractivity contribution >= 4 is 23.3 Å². The van der Waals surface area contributed by atoms with E-state index in [9.17, 15) is 14.7 Å². The summed E-state index contributed by atoms with van der Waals surface area (Å²) in [6.07, 6.45) is 0.291. The Morgan fingerprint density at radius 2 is 1.85 bits per heavy atom. The number of aliphatic hydroxyl groups is 1. The number of ether oxygens (including phenoxy) is 3. The zero-order valence-corrected chi connectivity index (χ0v) is 14.8. The highest BCUT2D eigenvalue weighted by molar-refractivity contribution is 6.04. The number of nitrogens with zero attached hydrogens (tertiary/aromatic N) is 2. The second-order valence-corrected chi connectivity index (χ2v) is 6.09. The highest BCUT2D eigenvalue weighted by atomic mass is 16.5. The zero-order chi connectivity index (χ0) is 18.7. The summed E-state index contributed by atoms with van der Waals surface area (Å²) in [6.45, 7) is 1.28. The Labute approximate surface area is 151 Å². The molecule has 1 unspecified atom stereocenters. The Balaban J connectivity index is 2.07. The van der Waals surface area contributed by atoms with Crippen LogP contribution in [0.3, 0.4) is 0 Å². The molecule has 0 aromatic heterocycles. The van der Waals surface area contributed by atoms with Crippen LogP contribution in [0.15, 0.2) is 35.5 Å². The first kappa shape index (κ1) is 18.2. The molecular weight excluding hydrogens is 340 g/mol. The topological polar surface area (TPSA) is 88.5 Å². The van der Waals surface area contributed by atoms with Gasteiger partial charge in [-0.3, -0.25) is 0 Å². The standard InChI is InChI=1S/C18H22N2O6/c1-24-17(22)13-10-26-11-20(16(13)18(23)25-2)15-6-4-3-5-14(15)19-8-7-12(21)9-19/h3-6,12,21H,7-11H2,1-2H3. The Bertz CT molecular complexity index is 732. The van der Waals surface area contributed by atoms with Gasteiger partial charge in [-0.05, 0) is 18.6 Å². The maximum Gasteiger partial charge on any atom is 0.355 e. The van der Waals surface area contributed by atoms with E-state index in [0.717, 1.165) is 5.69 Å². The number of carbonyl (C=O) groups is 2. The van der Waals surface area contributed by atoms with Gasteiger partial charge < -0.3 is 29.1 Å². The quantitative estimate of drug-likeness (QED) is 0.781. The largest absolute Gasteiger partial charge is 0.466 e. The van der Waals surface area contributed by atoms with E-state index in [0.29, 0.717) is 25.2 Å². The van der Waals surface area contributed by atoms with E-state index in [1.54, 1.807) is 4.90 Å². The van der Waals surface area contributed by atoms with Crippen LogP contribution in [0, 0.1) is 0 Å². The molecule has 1 N–H and O–H groups in total. The van der Waals surface area contributed by atoms with Crippen LogP contribution in [0.5, 0.6) is 0 Å². The molecule has 1 fully saturated rings. The van der Waals surface area contributed by atoms with Crippen LogP contribution in [0.2, 0.25) is 0 Å². The van der Waals surface area contributed by atoms with Gasteiger partial charge in [-0.15, -0.1) is 0 Å². The number of hydrogen-bond acceptors (Lipinski definition) is 8. The zero-order valence-electron chi connectivity index (χ0n) is 14.8. The van der Waals surface area contributed by atoms with Crippen molar-refractivity contribution < 1.29 is 28.9 Å². The summed E-state index contributed by atoms with van der Waals surface area (Å²) < 4.78 is 15.2. The predicted octanol–water partition coefficient (Wildman–Crippen LogP) is 0.652. The Kier molecular flexibility index (Phi) is 5.43. The van der Waals surface area contributed by atoms with Crippen LogP contribution in [-0.2, 0) is 23.8 Å². The van der Waals surface area contributed by atoms with E-state index in [4.69, 9.17) is 14.2 Å². The van der Waals surface area contributed by atoms with Crippen molar-refractivity contribution in [2.75, 3.05) is 50.4 Å². The second-order valence-electron chi connectivity index (χ2n) is 6.09. The Morgan fingerprint density at radius 1 is 1.15 bits per heavy atom. The lowest BCUT2D eigenvalue weighted by Crippen LogP contribution is -2.39. The molecule has 0 spiro atoms. The van der Waals surface area contributed by atoms with Crippen LogP contribution in [0.25, 0.3) is 0 Å². The van der Waals surface area contributed by atoms with Gasteiger partial charge in [-0.25, -0.2) is 9.59 Å². The summed E-state index contributed by atoms with van der Waals surface area (Å²) in [5.41, 5.74) is 1.77. The number of hydrogen-bond donors (Lipinski definition) is 1. The molecule has 2 aliphatic rings. The summed E-state index contributed by atoms with van der Waals surface area (Å²) in [4.78, 5) is 28.2. The molecule has 0 saturated carbocycles. The minimum atomic E-state index is -0.635. The number of esters is 2. The van der Waals surface area contributed by atoms with Crippen LogP contribution in [-0.4, -0.2) is 63.8 Å². The third kappa shape index (κ3) is 3.38. The molecule has 1 atom stereocenters. The van der Waals surface area contributed by atoms with Gasteiger partial charge in [0.15, 0.2) is 0 Å². The smallest absolute Gasteiger partial charge is 0.355 e. The number of para-hydroxylation sites is 2. The van der Waals surface area contributed by atoms with E-state index in [1.807, 2.05) is 29.2 Å². The highest BCUT2D eigenvalue weighted by Crippen LogP contribution is 2.36. The lowest BCUT2D eigenvalue weighted by atomic mass is 10.1. The fourth-order valence-electron chi connectivity index (χ4n) is 3.25. The molecule has 3 rings (SSSR count). The van der Waals surface area contributed by atoms with Crippen molar-refractivity contribution in [3.8, 4) is 0 Å². The van der Waals surface area contributed by atoms with Crippen molar-refractivity contribution in [1.29, 1.82) is 0 Å². The molecule has 0 radical (unpaired) electrons. The molecule has 2 aliphatic heterocycles. The van der Waals surface area contributed by atoms with Crippen LogP contribution in [0.4, 0.5) is 11.4 Å². The molecule has 0 bridgehead atoms. The summed E-state index contributed by atoms with van der Waals surface area (Å²) in [6, 6.07) is 7.48. The van der Waals surface area contributed by atoms with Crippen molar-refractivity contribution in [2.45, 2.75) is 12.5 Å². The number of β-amino-alcohol motifs (C(OH)–C–C–N with tert-alkyl or cyclic N) is 1. The average Bonchev–Trinajstić information content (AvgIpc) is 3.12. The van der Waals surface area contributed by atoms with Crippen LogP contribution < -0.4 is 9.80 Å². The molecule has 140 valence electrons. The van der Waals surface area contributed by atoms with E-state index in [-0.39, 0.29) is 30.7 Å². The van der Waals surface area contributed by atoms with Gasteiger partial charge in [0.1, 0.15) is 12.4 Å². The molecule has 1 saturated heterocycles. The van der Waals surface area contributed by atoms with Crippen molar-refractivity contribution in [2.24, 2.45) is 0 Å². The van der Waals surface area contributed by atoms with E-state index < -0.39 is 11.9 Å². The Morgan fingerprint density at radius 3 is 2.46 bits per heavy atom. The normalized spacial score (nSPS) is 20.3. The second kappa shape index (κ2) is 7.76. The predicted molar refractivity (Wildman–Crippen MR) is 93.6 cm³/mol. The summed E-state index contributed by atoms with van der Waals surface area (Å²) >= 11 is 0. The van der Waals surface area contributed by atoms with E-state index >= 15 is 0 Å². The number of rotatable bonds is 4.